The molecule has 7 nitrogen and oxygen atoms in total. The monoisotopic (exact) mass is 313 g/mol. The summed E-state index contributed by atoms with van der Waals surface area (Å²) in [4.78, 5) is 0. The number of nitrogens with zero attached hydrogens (tertiary/aromatic N) is 3. The zero-order valence-corrected chi connectivity index (χ0v) is 13.0. The third kappa shape index (κ3) is 3.50. The first kappa shape index (κ1) is 14.7. The van der Waals surface area contributed by atoms with Crippen LogP contribution < -0.4 is 0 Å². The minimum Gasteiger partial charge on any atom is -0.418 e. The van der Waals surface area contributed by atoms with Crippen LogP contribution in [0, 0.1) is 5.92 Å². The maximum atomic E-state index is 11.6. The van der Waals surface area contributed by atoms with Crippen LogP contribution in [-0.2, 0) is 14.8 Å². The number of hydrogen-bond donors (Lipinski definition) is 0. The van der Waals surface area contributed by atoms with Gasteiger partial charge in [0.25, 0.3) is 0 Å². The molecule has 2 heterocycles. The number of morpholine rings is 1. The van der Waals surface area contributed by atoms with Gasteiger partial charge in [-0.15, -0.1) is 10.2 Å². The predicted octanol–water partition coefficient (Wildman–Crippen LogP) is 1.22. The molecule has 0 amide bonds. The zero-order chi connectivity index (χ0) is 15.0. The van der Waals surface area contributed by atoms with E-state index in [1.807, 2.05) is 6.08 Å². The Hall–Kier alpha value is -1.25. The summed E-state index contributed by atoms with van der Waals surface area (Å²) in [6.45, 7) is 2.96. The molecule has 0 aromatic carbocycles. The molecular formula is C13H19N3O4S. The SMILES string of the molecule is C/C(=C/c1nnc([C@H]2CN(S(C)(=O)=O)CCO2)o1)C1CC1. The van der Waals surface area contributed by atoms with E-state index in [0.717, 1.165) is 0 Å². The van der Waals surface area contributed by atoms with Gasteiger partial charge in [-0.3, -0.25) is 0 Å². The number of ether oxygens (including phenoxy) is 1. The summed E-state index contributed by atoms with van der Waals surface area (Å²) in [6, 6.07) is 0. The highest BCUT2D eigenvalue weighted by Crippen LogP contribution is 2.37. The normalized spacial score (nSPS) is 25.2. The quantitative estimate of drug-likeness (QED) is 0.830. The number of rotatable bonds is 4. The standard InChI is InChI=1S/C13H19N3O4S/c1-9(10-3-4-10)7-12-14-15-13(20-12)11-8-16(5-6-19-11)21(2,17)18/h7,10-11H,3-6,8H2,1-2H3/b9-7-/t11-/m1/s1. The van der Waals surface area contributed by atoms with E-state index >= 15 is 0 Å². The molecule has 1 aromatic heterocycles. The van der Waals surface area contributed by atoms with Crippen molar-refractivity contribution < 1.29 is 17.6 Å². The van der Waals surface area contributed by atoms with Gasteiger partial charge in [-0.05, 0) is 25.7 Å². The molecule has 1 atom stereocenters. The molecule has 1 aliphatic carbocycles. The van der Waals surface area contributed by atoms with Crippen molar-refractivity contribution in [3.63, 3.8) is 0 Å². The van der Waals surface area contributed by atoms with E-state index in [1.54, 1.807) is 0 Å². The van der Waals surface area contributed by atoms with Crippen LogP contribution >= 0.6 is 0 Å². The number of sulfonamides is 1. The molecule has 3 rings (SSSR count). The van der Waals surface area contributed by atoms with Crippen molar-refractivity contribution in [2.75, 3.05) is 26.0 Å². The maximum absolute atomic E-state index is 11.6. The molecule has 2 aliphatic rings. The highest BCUT2D eigenvalue weighted by atomic mass is 32.2. The van der Waals surface area contributed by atoms with Crippen LogP contribution in [0.1, 0.15) is 37.7 Å². The molecule has 0 spiro atoms. The first-order valence-corrected chi connectivity index (χ1v) is 8.86. The van der Waals surface area contributed by atoms with Gasteiger partial charge >= 0.3 is 0 Å². The second kappa shape index (κ2) is 5.51. The van der Waals surface area contributed by atoms with Crippen LogP contribution in [0.2, 0.25) is 0 Å². The molecule has 0 N–H and O–H groups in total. The zero-order valence-electron chi connectivity index (χ0n) is 12.2. The van der Waals surface area contributed by atoms with Gasteiger partial charge in [0.15, 0.2) is 0 Å². The van der Waals surface area contributed by atoms with Crippen LogP contribution in [0.25, 0.3) is 6.08 Å². The predicted molar refractivity (Wildman–Crippen MR) is 75.8 cm³/mol. The molecule has 0 radical (unpaired) electrons. The Balaban J connectivity index is 1.72. The van der Waals surface area contributed by atoms with Gasteiger partial charge < -0.3 is 9.15 Å². The lowest BCUT2D eigenvalue weighted by Gasteiger charge is -2.29. The van der Waals surface area contributed by atoms with Crippen molar-refractivity contribution in [2.45, 2.75) is 25.9 Å². The molecular weight excluding hydrogens is 294 g/mol. The van der Waals surface area contributed by atoms with Gasteiger partial charge in [-0.1, -0.05) is 5.57 Å². The average molecular weight is 313 g/mol. The summed E-state index contributed by atoms with van der Waals surface area (Å²) in [5, 5.41) is 7.97. The molecule has 0 unspecified atom stereocenters. The van der Waals surface area contributed by atoms with Crippen molar-refractivity contribution in [1.29, 1.82) is 0 Å². The van der Waals surface area contributed by atoms with Gasteiger partial charge in [0.05, 0.1) is 12.9 Å². The van der Waals surface area contributed by atoms with Gasteiger partial charge in [0.2, 0.25) is 21.8 Å². The van der Waals surface area contributed by atoms with E-state index in [4.69, 9.17) is 9.15 Å². The number of hydrogen-bond acceptors (Lipinski definition) is 6. The molecule has 0 bridgehead atoms. The Morgan fingerprint density at radius 3 is 2.81 bits per heavy atom. The summed E-state index contributed by atoms with van der Waals surface area (Å²) in [5.41, 5.74) is 1.24. The molecule has 2 fully saturated rings. The van der Waals surface area contributed by atoms with Crippen LogP contribution in [0.15, 0.2) is 9.99 Å². The van der Waals surface area contributed by atoms with E-state index in [1.165, 1.54) is 29.0 Å². The summed E-state index contributed by atoms with van der Waals surface area (Å²) in [5.74, 6) is 1.43. The highest BCUT2D eigenvalue weighted by Gasteiger charge is 2.31. The van der Waals surface area contributed by atoms with Crippen molar-refractivity contribution in [3.05, 3.63) is 17.4 Å². The van der Waals surface area contributed by atoms with Gasteiger partial charge in [-0.25, -0.2) is 8.42 Å². The Kier molecular flexibility index (Phi) is 3.85. The first-order valence-electron chi connectivity index (χ1n) is 7.02. The molecule has 1 saturated heterocycles. The lowest BCUT2D eigenvalue weighted by Crippen LogP contribution is -2.41. The second-order valence-electron chi connectivity index (χ2n) is 5.62. The van der Waals surface area contributed by atoms with Crippen LogP contribution in [-0.4, -0.2) is 48.9 Å². The lowest BCUT2D eigenvalue weighted by molar-refractivity contribution is -0.0172. The molecule has 1 saturated carbocycles. The Bertz CT molecular complexity index is 648. The van der Waals surface area contributed by atoms with Crippen molar-refractivity contribution >= 4 is 16.1 Å². The molecule has 1 aliphatic heterocycles. The topological polar surface area (TPSA) is 85.5 Å². The van der Waals surface area contributed by atoms with Crippen molar-refractivity contribution in [3.8, 4) is 0 Å². The second-order valence-corrected chi connectivity index (χ2v) is 7.60. The van der Waals surface area contributed by atoms with E-state index in [0.29, 0.717) is 30.9 Å². The first-order chi connectivity index (χ1) is 9.93. The van der Waals surface area contributed by atoms with Gasteiger partial charge in [0.1, 0.15) is 6.10 Å². The van der Waals surface area contributed by atoms with Crippen LogP contribution in [0.4, 0.5) is 0 Å². The molecule has 1 aromatic rings. The van der Waals surface area contributed by atoms with Crippen molar-refractivity contribution in [1.82, 2.24) is 14.5 Å². The molecule has 8 heteroatoms. The molecule has 116 valence electrons. The maximum Gasteiger partial charge on any atom is 0.246 e. The smallest absolute Gasteiger partial charge is 0.246 e. The highest BCUT2D eigenvalue weighted by molar-refractivity contribution is 7.88. The van der Waals surface area contributed by atoms with Crippen LogP contribution in [0.5, 0.6) is 0 Å². The third-order valence-electron chi connectivity index (χ3n) is 3.80. The number of aromatic nitrogens is 2. The Morgan fingerprint density at radius 2 is 2.14 bits per heavy atom. The summed E-state index contributed by atoms with van der Waals surface area (Å²) in [6.07, 6.45) is 5.03. The van der Waals surface area contributed by atoms with E-state index in [2.05, 4.69) is 17.1 Å². The van der Waals surface area contributed by atoms with E-state index in [-0.39, 0.29) is 6.54 Å². The summed E-state index contributed by atoms with van der Waals surface area (Å²) < 4.78 is 35.7. The lowest BCUT2D eigenvalue weighted by atomic mass is 10.2. The fraction of sp³-hybridized carbons (Fsp3) is 0.692. The Labute approximate surface area is 124 Å². The van der Waals surface area contributed by atoms with Crippen LogP contribution in [0.3, 0.4) is 0 Å². The minimum absolute atomic E-state index is 0.214. The molecule has 21 heavy (non-hydrogen) atoms. The van der Waals surface area contributed by atoms with E-state index < -0.39 is 16.1 Å². The summed E-state index contributed by atoms with van der Waals surface area (Å²) >= 11 is 0. The van der Waals surface area contributed by atoms with Crippen molar-refractivity contribution in [2.24, 2.45) is 5.92 Å². The largest absolute Gasteiger partial charge is 0.418 e. The fourth-order valence-electron chi connectivity index (χ4n) is 2.36. The van der Waals surface area contributed by atoms with E-state index in [9.17, 15) is 8.42 Å². The van der Waals surface area contributed by atoms with Gasteiger partial charge in [-0.2, -0.15) is 4.31 Å². The Morgan fingerprint density at radius 1 is 1.38 bits per heavy atom. The average Bonchev–Trinajstić information content (AvgIpc) is 3.19. The van der Waals surface area contributed by atoms with Gasteiger partial charge in [0, 0.05) is 19.2 Å². The summed E-state index contributed by atoms with van der Waals surface area (Å²) in [7, 11) is -3.23. The number of allylic oxidation sites excluding steroid dienone is 1. The third-order valence-corrected chi connectivity index (χ3v) is 5.07. The fourth-order valence-corrected chi connectivity index (χ4v) is 3.17. The minimum atomic E-state index is -3.23.